The number of fused-ring (bicyclic) bond motifs is 3. The molecular weight excluding hydrogens is 173 g/mol. The summed E-state index contributed by atoms with van der Waals surface area (Å²) in [7, 11) is 5.71. The highest BCUT2D eigenvalue weighted by molar-refractivity contribution is 6.33. The van der Waals surface area contributed by atoms with Crippen LogP contribution in [0.5, 0.6) is 0 Å². The first-order chi connectivity index (χ1) is 6.84. The van der Waals surface area contributed by atoms with Gasteiger partial charge < -0.3 is 4.42 Å². The van der Waals surface area contributed by atoms with Crippen LogP contribution in [0.4, 0.5) is 0 Å². The molecule has 3 aromatic rings. The van der Waals surface area contributed by atoms with E-state index in [0.717, 1.165) is 21.8 Å². The van der Waals surface area contributed by atoms with Gasteiger partial charge in [-0.15, -0.1) is 0 Å². The Balaban J connectivity index is 2.58. The molecule has 3 rings (SSSR count). The zero-order valence-electron chi connectivity index (χ0n) is 7.40. The number of nitrogens with zero attached hydrogens (tertiary/aromatic N) is 1. The standard InChI is InChI=1S/C11H6BNO/c12-7-3-4-10-9(6-7)8-2-1-5-13-11(8)14-10/h1-6H. The SMILES string of the molecule is [B]c1ccc2oc3ncccc3c2c1. The van der Waals surface area contributed by atoms with Crippen LogP contribution in [0, 0.1) is 0 Å². The highest BCUT2D eigenvalue weighted by atomic mass is 16.3. The molecule has 2 heterocycles. The van der Waals surface area contributed by atoms with Crippen LogP contribution in [0.1, 0.15) is 0 Å². The summed E-state index contributed by atoms with van der Waals surface area (Å²) in [6, 6.07) is 9.47. The molecule has 64 valence electrons. The summed E-state index contributed by atoms with van der Waals surface area (Å²) in [5.41, 5.74) is 2.23. The Hall–Kier alpha value is -1.77. The molecule has 0 atom stereocenters. The lowest BCUT2D eigenvalue weighted by atomic mass is 9.95. The molecule has 1 aromatic carbocycles. The lowest BCUT2D eigenvalue weighted by molar-refractivity contribution is 0.654. The zero-order valence-corrected chi connectivity index (χ0v) is 7.40. The van der Waals surface area contributed by atoms with Crippen LogP contribution < -0.4 is 5.46 Å². The highest BCUT2D eigenvalue weighted by Gasteiger charge is 2.05. The maximum absolute atomic E-state index is 5.71. The number of hydrogen-bond donors (Lipinski definition) is 0. The largest absolute Gasteiger partial charge is 0.438 e. The minimum absolute atomic E-state index is 0.660. The normalized spacial score (nSPS) is 11.1. The highest BCUT2D eigenvalue weighted by Crippen LogP contribution is 2.25. The number of furan rings is 1. The third-order valence-electron chi connectivity index (χ3n) is 2.27. The lowest BCUT2D eigenvalue weighted by Gasteiger charge is -1.90. The van der Waals surface area contributed by atoms with Gasteiger partial charge in [0.25, 0.3) is 0 Å². The Kier molecular flexibility index (Phi) is 1.42. The van der Waals surface area contributed by atoms with Crippen molar-refractivity contribution in [3.05, 3.63) is 36.5 Å². The van der Waals surface area contributed by atoms with Gasteiger partial charge in [-0.25, -0.2) is 4.98 Å². The first-order valence-electron chi connectivity index (χ1n) is 4.37. The fourth-order valence-electron chi connectivity index (χ4n) is 1.63. The number of rotatable bonds is 0. The van der Waals surface area contributed by atoms with E-state index in [1.807, 2.05) is 30.3 Å². The molecule has 3 heteroatoms. The van der Waals surface area contributed by atoms with Crippen LogP contribution in [-0.4, -0.2) is 12.8 Å². The maximum Gasteiger partial charge on any atom is 0.227 e. The minimum Gasteiger partial charge on any atom is -0.438 e. The van der Waals surface area contributed by atoms with Crippen LogP contribution in [-0.2, 0) is 0 Å². The molecule has 0 bridgehead atoms. The Morgan fingerprint density at radius 2 is 2.07 bits per heavy atom. The van der Waals surface area contributed by atoms with Gasteiger partial charge in [0.1, 0.15) is 13.4 Å². The van der Waals surface area contributed by atoms with Gasteiger partial charge in [-0.2, -0.15) is 0 Å². The number of hydrogen-bond acceptors (Lipinski definition) is 2. The molecule has 0 aliphatic carbocycles. The Labute approximate surface area is 82.0 Å². The first kappa shape index (κ1) is 7.62. The maximum atomic E-state index is 5.71. The summed E-state index contributed by atoms with van der Waals surface area (Å²) in [6.45, 7) is 0. The summed E-state index contributed by atoms with van der Waals surface area (Å²) < 4.78 is 5.54. The predicted molar refractivity (Wildman–Crippen MR) is 56.9 cm³/mol. The van der Waals surface area contributed by atoms with Crippen molar-refractivity contribution in [2.24, 2.45) is 0 Å². The third-order valence-corrected chi connectivity index (χ3v) is 2.27. The van der Waals surface area contributed by atoms with Gasteiger partial charge in [0, 0.05) is 17.0 Å². The predicted octanol–water partition coefficient (Wildman–Crippen LogP) is 1.77. The van der Waals surface area contributed by atoms with E-state index in [2.05, 4.69) is 4.98 Å². The van der Waals surface area contributed by atoms with Crippen molar-refractivity contribution < 1.29 is 4.42 Å². The molecule has 0 aliphatic heterocycles. The quantitative estimate of drug-likeness (QED) is 0.491. The summed E-state index contributed by atoms with van der Waals surface area (Å²) in [5.74, 6) is 0. The second-order valence-electron chi connectivity index (χ2n) is 3.21. The molecule has 0 amide bonds. The second-order valence-corrected chi connectivity index (χ2v) is 3.21. The summed E-state index contributed by atoms with van der Waals surface area (Å²) >= 11 is 0. The smallest absolute Gasteiger partial charge is 0.227 e. The van der Waals surface area contributed by atoms with Crippen LogP contribution in [0.25, 0.3) is 22.1 Å². The minimum atomic E-state index is 0.660. The Morgan fingerprint density at radius 3 is 3.00 bits per heavy atom. The van der Waals surface area contributed by atoms with Crippen molar-refractivity contribution in [2.45, 2.75) is 0 Å². The molecular formula is C11H6BNO. The van der Waals surface area contributed by atoms with Crippen LogP contribution in [0.2, 0.25) is 0 Å². The average Bonchev–Trinajstić information content (AvgIpc) is 2.56. The van der Waals surface area contributed by atoms with Crippen molar-refractivity contribution in [2.75, 3.05) is 0 Å². The van der Waals surface area contributed by atoms with E-state index in [0.29, 0.717) is 5.71 Å². The first-order valence-corrected chi connectivity index (χ1v) is 4.37. The van der Waals surface area contributed by atoms with E-state index in [4.69, 9.17) is 12.3 Å². The van der Waals surface area contributed by atoms with E-state index in [-0.39, 0.29) is 0 Å². The number of benzene rings is 1. The Bertz CT molecular complexity index is 615. The van der Waals surface area contributed by atoms with E-state index in [1.54, 1.807) is 6.20 Å². The number of pyridine rings is 1. The molecule has 2 radical (unpaired) electrons. The van der Waals surface area contributed by atoms with Crippen molar-refractivity contribution >= 4 is 35.4 Å². The van der Waals surface area contributed by atoms with Crippen LogP contribution in [0.3, 0.4) is 0 Å². The molecule has 2 aromatic heterocycles. The monoisotopic (exact) mass is 179 g/mol. The lowest BCUT2D eigenvalue weighted by Crippen LogP contribution is -1.98. The molecule has 14 heavy (non-hydrogen) atoms. The van der Waals surface area contributed by atoms with Crippen molar-refractivity contribution in [1.82, 2.24) is 4.98 Å². The third kappa shape index (κ3) is 0.955. The van der Waals surface area contributed by atoms with Crippen molar-refractivity contribution in [3.8, 4) is 0 Å². The van der Waals surface area contributed by atoms with Gasteiger partial charge in [-0.3, -0.25) is 0 Å². The molecule has 0 saturated carbocycles. The van der Waals surface area contributed by atoms with Crippen molar-refractivity contribution in [1.29, 1.82) is 0 Å². The van der Waals surface area contributed by atoms with E-state index >= 15 is 0 Å². The molecule has 0 fully saturated rings. The molecule has 0 spiro atoms. The fourth-order valence-corrected chi connectivity index (χ4v) is 1.63. The van der Waals surface area contributed by atoms with Gasteiger partial charge >= 0.3 is 0 Å². The molecule has 0 saturated heterocycles. The molecule has 2 nitrogen and oxygen atoms in total. The van der Waals surface area contributed by atoms with E-state index in [9.17, 15) is 0 Å². The second kappa shape index (κ2) is 2.61. The van der Waals surface area contributed by atoms with E-state index < -0.39 is 0 Å². The fraction of sp³-hybridized carbons (Fsp3) is 0. The summed E-state index contributed by atoms with van der Waals surface area (Å²) in [5, 5.41) is 2.03. The average molecular weight is 179 g/mol. The van der Waals surface area contributed by atoms with Crippen LogP contribution in [0.15, 0.2) is 40.9 Å². The van der Waals surface area contributed by atoms with Gasteiger partial charge in [-0.05, 0) is 18.2 Å². The zero-order chi connectivity index (χ0) is 9.54. The Morgan fingerprint density at radius 1 is 1.14 bits per heavy atom. The van der Waals surface area contributed by atoms with Gasteiger partial charge in [0.05, 0.1) is 0 Å². The molecule has 0 aliphatic rings. The number of aromatic nitrogens is 1. The molecule has 0 N–H and O–H groups in total. The van der Waals surface area contributed by atoms with Gasteiger partial charge in [0.15, 0.2) is 0 Å². The van der Waals surface area contributed by atoms with Gasteiger partial charge in [0.2, 0.25) is 5.71 Å². The van der Waals surface area contributed by atoms with Crippen molar-refractivity contribution in [3.63, 3.8) is 0 Å². The van der Waals surface area contributed by atoms with Gasteiger partial charge in [-0.1, -0.05) is 17.6 Å². The van der Waals surface area contributed by atoms with E-state index in [1.165, 1.54) is 0 Å². The summed E-state index contributed by atoms with van der Waals surface area (Å²) in [6.07, 6.45) is 1.72. The topological polar surface area (TPSA) is 26.0 Å². The summed E-state index contributed by atoms with van der Waals surface area (Å²) in [4.78, 5) is 4.14. The van der Waals surface area contributed by atoms with Crippen LogP contribution >= 0.6 is 0 Å². The molecule has 0 unspecified atom stereocenters.